The second-order valence-electron chi connectivity index (χ2n) is 4.69. The van der Waals surface area contributed by atoms with Crippen molar-refractivity contribution in [2.45, 2.75) is 19.4 Å². The number of carboxylic acid groups (broad SMARTS) is 1. The van der Waals surface area contributed by atoms with E-state index in [4.69, 9.17) is 0 Å². The zero-order chi connectivity index (χ0) is 14.9. The molecular formula is C14H15FN2O3. The molecule has 20 heavy (non-hydrogen) atoms. The number of nitrogens with one attached hydrogen (secondary N) is 1. The lowest BCUT2D eigenvalue weighted by Crippen LogP contribution is -2.44. The molecule has 106 valence electrons. The van der Waals surface area contributed by atoms with E-state index in [0.29, 0.717) is 24.1 Å². The van der Waals surface area contributed by atoms with Crippen LogP contribution in [0.2, 0.25) is 0 Å². The first-order chi connectivity index (χ1) is 9.41. The molecule has 2 rings (SSSR count). The van der Waals surface area contributed by atoms with E-state index in [1.807, 2.05) is 0 Å². The average Bonchev–Trinajstić information content (AvgIpc) is 2.77. The lowest BCUT2D eigenvalue weighted by molar-refractivity contribution is -0.120. The molecule has 0 spiro atoms. The average molecular weight is 278 g/mol. The monoisotopic (exact) mass is 278 g/mol. The van der Waals surface area contributed by atoms with Gasteiger partial charge in [0, 0.05) is 6.54 Å². The van der Waals surface area contributed by atoms with Gasteiger partial charge in [-0.15, -0.1) is 0 Å². The van der Waals surface area contributed by atoms with Gasteiger partial charge in [-0.3, -0.25) is 9.69 Å². The number of hydrogen-bond acceptors (Lipinski definition) is 2. The van der Waals surface area contributed by atoms with Crippen molar-refractivity contribution in [2.24, 2.45) is 0 Å². The Bertz CT molecular complexity index is 586. The second-order valence-corrected chi connectivity index (χ2v) is 4.69. The van der Waals surface area contributed by atoms with E-state index >= 15 is 0 Å². The van der Waals surface area contributed by atoms with Crippen LogP contribution in [0.15, 0.2) is 24.8 Å². The number of amides is 2. The van der Waals surface area contributed by atoms with Gasteiger partial charge in [-0.25, -0.2) is 9.18 Å². The molecule has 6 heteroatoms. The highest BCUT2D eigenvalue weighted by molar-refractivity contribution is 5.97. The standard InChI is InChI=1S/C14H15FN2O3/c1-8(2)9-3-4-11(10(15)7-9)17(14(19)20)12-5-6-16-13(12)18/h3-4,7,12H,1,5-6H2,2H3,(H,16,18)(H,19,20). The summed E-state index contributed by atoms with van der Waals surface area (Å²) in [5.74, 6) is -1.09. The summed E-state index contributed by atoms with van der Waals surface area (Å²) in [6.45, 7) is 5.82. The molecular weight excluding hydrogens is 263 g/mol. The van der Waals surface area contributed by atoms with Gasteiger partial charge >= 0.3 is 6.09 Å². The maximum Gasteiger partial charge on any atom is 0.412 e. The third-order valence-corrected chi connectivity index (χ3v) is 3.24. The van der Waals surface area contributed by atoms with Crippen LogP contribution in [0.4, 0.5) is 14.9 Å². The van der Waals surface area contributed by atoms with Crippen molar-refractivity contribution in [1.29, 1.82) is 0 Å². The molecule has 1 aromatic carbocycles. The van der Waals surface area contributed by atoms with Gasteiger partial charge < -0.3 is 10.4 Å². The molecule has 0 radical (unpaired) electrons. The van der Waals surface area contributed by atoms with Crippen LogP contribution in [0.1, 0.15) is 18.9 Å². The van der Waals surface area contributed by atoms with Crippen molar-refractivity contribution in [2.75, 3.05) is 11.4 Å². The molecule has 1 aliphatic heterocycles. The molecule has 1 unspecified atom stereocenters. The van der Waals surface area contributed by atoms with Gasteiger partial charge in [0.15, 0.2) is 0 Å². The number of allylic oxidation sites excluding steroid dienone is 1. The molecule has 1 atom stereocenters. The van der Waals surface area contributed by atoms with E-state index in [2.05, 4.69) is 11.9 Å². The van der Waals surface area contributed by atoms with Crippen LogP contribution in [0, 0.1) is 5.82 Å². The zero-order valence-corrected chi connectivity index (χ0v) is 11.0. The predicted molar refractivity (Wildman–Crippen MR) is 73.0 cm³/mol. The summed E-state index contributed by atoms with van der Waals surface area (Å²) in [4.78, 5) is 23.8. The zero-order valence-electron chi connectivity index (χ0n) is 11.0. The number of anilines is 1. The normalized spacial score (nSPS) is 17.7. The summed E-state index contributed by atoms with van der Waals surface area (Å²) < 4.78 is 14.1. The van der Waals surface area contributed by atoms with E-state index in [-0.39, 0.29) is 5.69 Å². The molecule has 2 amide bonds. The third kappa shape index (κ3) is 2.49. The third-order valence-electron chi connectivity index (χ3n) is 3.24. The molecule has 1 aromatic rings. The fraction of sp³-hybridized carbons (Fsp3) is 0.286. The van der Waals surface area contributed by atoms with E-state index in [0.717, 1.165) is 4.90 Å². The highest BCUT2D eigenvalue weighted by atomic mass is 19.1. The van der Waals surface area contributed by atoms with Gasteiger partial charge in [0.25, 0.3) is 0 Å². The highest BCUT2D eigenvalue weighted by Crippen LogP contribution is 2.27. The number of carbonyl (C=O) groups excluding carboxylic acids is 1. The van der Waals surface area contributed by atoms with Crippen molar-refractivity contribution in [3.63, 3.8) is 0 Å². The molecule has 0 aliphatic carbocycles. The van der Waals surface area contributed by atoms with Crippen LogP contribution < -0.4 is 10.2 Å². The Hall–Kier alpha value is -2.37. The first-order valence-corrected chi connectivity index (χ1v) is 6.17. The first kappa shape index (κ1) is 14.0. The molecule has 1 fully saturated rings. The smallest absolute Gasteiger partial charge is 0.412 e. The van der Waals surface area contributed by atoms with E-state index < -0.39 is 23.9 Å². The van der Waals surface area contributed by atoms with Crippen LogP contribution in [-0.4, -0.2) is 29.7 Å². The summed E-state index contributed by atoms with van der Waals surface area (Å²) in [6.07, 6.45) is -1.03. The molecule has 5 nitrogen and oxygen atoms in total. The molecule has 0 saturated carbocycles. The van der Waals surface area contributed by atoms with E-state index in [9.17, 15) is 19.1 Å². The van der Waals surface area contributed by atoms with Crippen LogP contribution >= 0.6 is 0 Å². The number of nitrogens with zero attached hydrogens (tertiary/aromatic N) is 1. The highest BCUT2D eigenvalue weighted by Gasteiger charge is 2.35. The van der Waals surface area contributed by atoms with Crippen LogP contribution in [0.5, 0.6) is 0 Å². The lowest BCUT2D eigenvalue weighted by atomic mass is 10.1. The van der Waals surface area contributed by atoms with Crippen molar-refractivity contribution in [3.8, 4) is 0 Å². The maximum absolute atomic E-state index is 14.1. The summed E-state index contributed by atoms with van der Waals surface area (Å²) in [7, 11) is 0. The Morgan fingerprint density at radius 3 is 2.70 bits per heavy atom. The Balaban J connectivity index is 2.42. The largest absolute Gasteiger partial charge is 0.465 e. The Labute approximate surface area is 115 Å². The molecule has 1 saturated heterocycles. The fourth-order valence-corrected chi connectivity index (χ4v) is 2.20. The quantitative estimate of drug-likeness (QED) is 0.890. The minimum absolute atomic E-state index is 0.121. The van der Waals surface area contributed by atoms with Gasteiger partial charge in [-0.05, 0) is 31.0 Å². The lowest BCUT2D eigenvalue weighted by Gasteiger charge is -2.24. The molecule has 0 aromatic heterocycles. The SMILES string of the molecule is C=C(C)c1ccc(N(C(=O)O)C2CCNC2=O)c(F)c1. The summed E-state index contributed by atoms with van der Waals surface area (Å²) in [5, 5.41) is 11.8. The first-order valence-electron chi connectivity index (χ1n) is 6.17. The molecule has 1 heterocycles. The minimum atomic E-state index is -1.35. The fourth-order valence-electron chi connectivity index (χ4n) is 2.20. The molecule has 1 aliphatic rings. The number of rotatable bonds is 3. The summed E-state index contributed by atoms with van der Waals surface area (Å²) in [6, 6.07) is 3.28. The number of benzene rings is 1. The summed E-state index contributed by atoms with van der Waals surface area (Å²) >= 11 is 0. The van der Waals surface area contributed by atoms with E-state index in [1.165, 1.54) is 12.1 Å². The van der Waals surface area contributed by atoms with Gasteiger partial charge in [-0.2, -0.15) is 0 Å². The Morgan fingerprint density at radius 1 is 1.55 bits per heavy atom. The van der Waals surface area contributed by atoms with Crippen LogP contribution in [0.3, 0.4) is 0 Å². The van der Waals surface area contributed by atoms with Crippen molar-refractivity contribution >= 4 is 23.3 Å². The van der Waals surface area contributed by atoms with Crippen LogP contribution in [-0.2, 0) is 4.79 Å². The Morgan fingerprint density at radius 2 is 2.25 bits per heavy atom. The van der Waals surface area contributed by atoms with Crippen LogP contribution in [0.25, 0.3) is 5.57 Å². The van der Waals surface area contributed by atoms with Gasteiger partial charge in [0.05, 0.1) is 5.69 Å². The predicted octanol–water partition coefficient (Wildman–Crippen LogP) is 2.23. The Kier molecular flexibility index (Phi) is 3.74. The second kappa shape index (κ2) is 5.32. The van der Waals surface area contributed by atoms with E-state index in [1.54, 1.807) is 13.0 Å². The van der Waals surface area contributed by atoms with Gasteiger partial charge in [-0.1, -0.05) is 18.2 Å². The van der Waals surface area contributed by atoms with Crippen molar-refractivity contribution < 1.29 is 19.1 Å². The molecule has 2 N–H and O–H groups in total. The number of carbonyl (C=O) groups is 2. The summed E-state index contributed by atoms with van der Waals surface area (Å²) in [5.41, 5.74) is 1.15. The minimum Gasteiger partial charge on any atom is -0.465 e. The van der Waals surface area contributed by atoms with Gasteiger partial charge in [0.2, 0.25) is 5.91 Å². The topological polar surface area (TPSA) is 69.6 Å². The number of hydrogen-bond donors (Lipinski definition) is 2. The maximum atomic E-state index is 14.1. The van der Waals surface area contributed by atoms with Crippen molar-refractivity contribution in [3.05, 3.63) is 36.2 Å². The van der Waals surface area contributed by atoms with Gasteiger partial charge in [0.1, 0.15) is 11.9 Å². The number of halogens is 1. The van der Waals surface area contributed by atoms with Crippen molar-refractivity contribution in [1.82, 2.24) is 5.32 Å². The molecule has 0 bridgehead atoms.